The zero-order chi connectivity index (χ0) is 30.8. The maximum atomic E-state index is 12.5. The van der Waals surface area contributed by atoms with E-state index in [9.17, 15) is 39.5 Å². The summed E-state index contributed by atoms with van der Waals surface area (Å²) in [5.41, 5.74) is -1.13. The van der Waals surface area contributed by atoms with Gasteiger partial charge >= 0.3 is 18.5 Å². The third-order valence-electron chi connectivity index (χ3n) is 7.48. The van der Waals surface area contributed by atoms with Crippen LogP contribution in [-0.2, 0) is 0 Å². The first-order chi connectivity index (χ1) is 17.2. The van der Waals surface area contributed by atoms with Crippen molar-refractivity contribution in [1.82, 2.24) is 14.7 Å². The molecule has 3 heterocycles. The lowest BCUT2D eigenvalue weighted by Crippen LogP contribution is -2.50. The first-order valence-electron chi connectivity index (χ1n) is 13.7. The minimum atomic E-state index is -4.07. The van der Waals surface area contributed by atoms with Crippen molar-refractivity contribution in [3.05, 3.63) is 0 Å². The molecule has 3 rings (SSSR count). The summed E-state index contributed by atoms with van der Waals surface area (Å²) in [6.45, 7) is 18.2. The van der Waals surface area contributed by atoms with E-state index in [-0.39, 0.29) is 35.9 Å². The molecule has 0 aromatic rings. The molecule has 3 aliphatic rings. The Kier molecular flexibility index (Phi) is 11.7. The van der Waals surface area contributed by atoms with Crippen LogP contribution < -0.4 is 0 Å². The SMILES string of the molecule is CC(C)(C)N1CCCC1C(F)(F)F.CC(C)(C)N1CCC[C@@H]1C(F)(F)F.CC(C)(C)N1CCC[C@H]1C(F)(F)F. The Morgan fingerprint density at radius 2 is 0.564 bits per heavy atom. The highest BCUT2D eigenvalue weighted by Crippen LogP contribution is 2.38. The fraction of sp³-hybridized carbons (Fsp3) is 1.00. The molecule has 12 heteroatoms. The second-order valence-electron chi connectivity index (χ2n) is 13.7. The Morgan fingerprint density at radius 1 is 0.385 bits per heavy atom. The Hall–Kier alpha value is -0.750. The van der Waals surface area contributed by atoms with Crippen LogP contribution in [-0.4, -0.2) is 87.6 Å². The molecule has 3 fully saturated rings. The van der Waals surface area contributed by atoms with Crippen molar-refractivity contribution < 1.29 is 39.5 Å². The second-order valence-corrected chi connectivity index (χ2v) is 13.7. The topological polar surface area (TPSA) is 9.72 Å². The maximum absolute atomic E-state index is 12.5. The minimum Gasteiger partial charge on any atom is -0.287 e. The van der Waals surface area contributed by atoms with E-state index >= 15 is 0 Å². The number of nitrogens with zero attached hydrogens (tertiary/aromatic N) is 3. The highest BCUT2D eigenvalue weighted by Gasteiger charge is 2.50. The Labute approximate surface area is 228 Å². The van der Waals surface area contributed by atoms with Crippen molar-refractivity contribution in [1.29, 1.82) is 0 Å². The molecule has 0 aromatic heterocycles. The van der Waals surface area contributed by atoms with Gasteiger partial charge in [0.2, 0.25) is 0 Å². The van der Waals surface area contributed by atoms with E-state index in [2.05, 4.69) is 0 Å². The van der Waals surface area contributed by atoms with E-state index in [1.165, 1.54) is 0 Å². The molecular weight excluding hydrogens is 537 g/mol. The van der Waals surface area contributed by atoms with Gasteiger partial charge in [-0.25, -0.2) is 0 Å². The van der Waals surface area contributed by atoms with E-state index in [1.807, 2.05) is 62.3 Å². The summed E-state index contributed by atoms with van der Waals surface area (Å²) in [4.78, 5) is 4.65. The van der Waals surface area contributed by atoms with Gasteiger partial charge in [-0.3, -0.25) is 14.7 Å². The van der Waals surface area contributed by atoms with Gasteiger partial charge in [0.25, 0.3) is 0 Å². The fourth-order valence-electron chi connectivity index (χ4n) is 5.73. The van der Waals surface area contributed by atoms with E-state index < -0.39 is 36.7 Å². The van der Waals surface area contributed by atoms with Crippen LogP contribution in [0.3, 0.4) is 0 Å². The summed E-state index contributed by atoms with van der Waals surface area (Å²) in [5, 5.41) is 0. The number of likely N-dealkylation sites (tertiary alicyclic amines) is 3. The number of hydrogen-bond acceptors (Lipinski definition) is 3. The molecule has 0 N–H and O–H groups in total. The van der Waals surface area contributed by atoms with Crippen LogP contribution in [0, 0.1) is 0 Å². The summed E-state index contributed by atoms with van der Waals surface area (Å²) in [6, 6.07) is -3.69. The number of halogens is 9. The van der Waals surface area contributed by atoms with Crippen LogP contribution in [0.2, 0.25) is 0 Å². The largest absolute Gasteiger partial charge is 0.404 e. The number of hydrogen-bond donors (Lipinski definition) is 0. The number of rotatable bonds is 0. The summed E-state index contributed by atoms with van der Waals surface area (Å²) in [5.74, 6) is 0. The summed E-state index contributed by atoms with van der Waals surface area (Å²) in [6.07, 6.45) is -9.48. The molecule has 0 amide bonds. The molecule has 0 aromatic carbocycles. The van der Waals surface area contributed by atoms with E-state index in [0.29, 0.717) is 38.9 Å². The van der Waals surface area contributed by atoms with Crippen molar-refractivity contribution in [2.75, 3.05) is 19.6 Å². The Morgan fingerprint density at radius 3 is 0.667 bits per heavy atom. The van der Waals surface area contributed by atoms with Gasteiger partial charge in [0.15, 0.2) is 0 Å². The predicted octanol–water partition coefficient (Wildman–Crippen LogP) is 8.43. The van der Waals surface area contributed by atoms with Crippen LogP contribution in [0.1, 0.15) is 101 Å². The summed E-state index contributed by atoms with van der Waals surface area (Å²) >= 11 is 0. The Bertz CT molecular complexity index is 581. The van der Waals surface area contributed by atoms with Crippen molar-refractivity contribution in [2.45, 2.75) is 154 Å². The van der Waals surface area contributed by atoms with Gasteiger partial charge < -0.3 is 0 Å². The molecule has 3 saturated heterocycles. The van der Waals surface area contributed by atoms with Crippen LogP contribution in [0.4, 0.5) is 39.5 Å². The monoisotopic (exact) mass is 585 g/mol. The molecule has 0 spiro atoms. The first kappa shape index (κ1) is 36.3. The first-order valence-corrected chi connectivity index (χ1v) is 13.7. The molecule has 39 heavy (non-hydrogen) atoms. The van der Waals surface area contributed by atoms with Crippen LogP contribution in [0.25, 0.3) is 0 Å². The molecule has 3 atom stereocenters. The molecular formula is C27H48F9N3. The smallest absolute Gasteiger partial charge is 0.287 e. The van der Waals surface area contributed by atoms with Crippen molar-refractivity contribution in [3.63, 3.8) is 0 Å². The van der Waals surface area contributed by atoms with Crippen molar-refractivity contribution >= 4 is 0 Å². The zero-order valence-corrected chi connectivity index (χ0v) is 24.8. The van der Waals surface area contributed by atoms with E-state index in [0.717, 1.165) is 0 Å². The normalized spacial score (nSPS) is 26.8. The third kappa shape index (κ3) is 10.9. The Balaban J connectivity index is 0.000000292. The van der Waals surface area contributed by atoms with E-state index in [4.69, 9.17) is 0 Å². The second kappa shape index (κ2) is 12.6. The molecule has 0 bridgehead atoms. The molecule has 3 nitrogen and oxygen atoms in total. The van der Waals surface area contributed by atoms with Gasteiger partial charge in [0.05, 0.1) is 0 Å². The fourth-order valence-corrected chi connectivity index (χ4v) is 5.73. The average molecular weight is 586 g/mol. The van der Waals surface area contributed by atoms with Gasteiger partial charge in [-0.15, -0.1) is 0 Å². The standard InChI is InChI=1S/3C9H16F3N/c3*1-8(2,3)13-6-4-5-7(13)9(10,11)12/h3*7H,4-6H2,1-3H3/t2*7-;/m10./s1. The van der Waals surface area contributed by atoms with Gasteiger partial charge in [0.1, 0.15) is 18.1 Å². The molecule has 234 valence electrons. The zero-order valence-electron chi connectivity index (χ0n) is 24.8. The van der Waals surface area contributed by atoms with E-state index in [1.54, 1.807) is 14.7 Å². The molecule has 3 aliphatic heterocycles. The minimum absolute atomic E-state index is 0.251. The lowest BCUT2D eigenvalue weighted by atomic mass is 10.0. The highest BCUT2D eigenvalue weighted by molar-refractivity contribution is 4.93. The molecule has 0 aliphatic carbocycles. The summed E-state index contributed by atoms with van der Waals surface area (Å²) in [7, 11) is 0. The molecule has 1 unspecified atom stereocenters. The van der Waals surface area contributed by atoms with Crippen LogP contribution >= 0.6 is 0 Å². The predicted molar refractivity (Wildman–Crippen MR) is 137 cm³/mol. The van der Waals surface area contributed by atoms with Crippen molar-refractivity contribution in [2.24, 2.45) is 0 Å². The molecule has 0 radical (unpaired) electrons. The maximum Gasteiger partial charge on any atom is 0.404 e. The third-order valence-corrected chi connectivity index (χ3v) is 7.48. The molecule has 0 saturated carbocycles. The van der Waals surface area contributed by atoms with Crippen LogP contribution in [0.15, 0.2) is 0 Å². The van der Waals surface area contributed by atoms with Crippen molar-refractivity contribution in [3.8, 4) is 0 Å². The average Bonchev–Trinajstić information content (AvgIpc) is 3.45. The quantitative estimate of drug-likeness (QED) is 0.264. The van der Waals surface area contributed by atoms with Gasteiger partial charge in [-0.1, -0.05) is 0 Å². The lowest BCUT2D eigenvalue weighted by molar-refractivity contribution is -0.186. The van der Waals surface area contributed by atoms with Gasteiger partial charge in [-0.05, 0) is 120 Å². The lowest BCUT2D eigenvalue weighted by Gasteiger charge is -2.37. The summed E-state index contributed by atoms with van der Waals surface area (Å²) < 4.78 is 112. The number of alkyl halides is 9. The van der Waals surface area contributed by atoms with Gasteiger partial charge in [0, 0.05) is 16.6 Å². The van der Waals surface area contributed by atoms with Crippen LogP contribution in [0.5, 0.6) is 0 Å². The van der Waals surface area contributed by atoms with Gasteiger partial charge in [-0.2, -0.15) is 39.5 Å². The highest BCUT2D eigenvalue weighted by atomic mass is 19.4.